The van der Waals surface area contributed by atoms with E-state index < -0.39 is 0 Å². The SMILES string of the molecule is CC(=O)N(N=O)[C@@H](C)c1ccccc1. The lowest BCUT2D eigenvalue weighted by Crippen LogP contribution is -2.25. The second-order valence-electron chi connectivity index (χ2n) is 3.03. The summed E-state index contributed by atoms with van der Waals surface area (Å²) in [6, 6.07) is 8.98. The van der Waals surface area contributed by atoms with Crippen LogP contribution in [-0.2, 0) is 4.79 Å². The minimum Gasteiger partial charge on any atom is -0.273 e. The van der Waals surface area contributed by atoms with Crippen molar-refractivity contribution in [2.45, 2.75) is 19.9 Å². The Morgan fingerprint density at radius 1 is 1.36 bits per heavy atom. The lowest BCUT2D eigenvalue weighted by Gasteiger charge is -2.19. The zero-order chi connectivity index (χ0) is 10.6. The van der Waals surface area contributed by atoms with Crippen LogP contribution in [0.15, 0.2) is 35.6 Å². The summed E-state index contributed by atoms with van der Waals surface area (Å²) in [5.74, 6) is -0.351. The maximum absolute atomic E-state index is 11.0. The van der Waals surface area contributed by atoms with E-state index in [1.54, 1.807) is 6.92 Å². The van der Waals surface area contributed by atoms with Crippen molar-refractivity contribution in [2.75, 3.05) is 0 Å². The third kappa shape index (κ3) is 2.16. The highest BCUT2D eigenvalue weighted by molar-refractivity contribution is 5.73. The van der Waals surface area contributed by atoms with Crippen molar-refractivity contribution >= 4 is 5.91 Å². The molecule has 0 aliphatic carbocycles. The van der Waals surface area contributed by atoms with Crippen LogP contribution in [-0.4, -0.2) is 10.9 Å². The van der Waals surface area contributed by atoms with Crippen LogP contribution in [0.1, 0.15) is 25.5 Å². The second-order valence-corrected chi connectivity index (χ2v) is 3.03. The van der Waals surface area contributed by atoms with E-state index >= 15 is 0 Å². The molecule has 74 valence electrons. The highest BCUT2D eigenvalue weighted by Gasteiger charge is 2.18. The fourth-order valence-corrected chi connectivity index (χ4v) is 1.27. The molecule has 4 heteroatoms. The van der Waals surface area contributed by atoms with Gasteiger partial charge in [0.05, 0.1) is 11.3 Å². The number of amides is 1. The molecule has 0 saturated heterocycles. The zero-order valence-electron chi connectivity index (χ0n) is 8.18. The Morgan fingerprint density at radius 2 is 1.93 bits per heavy atom. The summed E-state index contributed by atoms with van der Waals surface area (Å²) in [6.45, 7) is 3.08. The molecule has 0 saturated carbocycles. The average Bonchev–Trinajstić information content (AvgIpc) is 2.19. The highest BCUT2D eigenvalue weighted by Crippen LogP contribution is 2.19. The minimum absolute atomic E-state index is 0.314. The molecular weight excluding hydrogens is 180 g/mol. The molecule has 0 radical (unpaired) electrons. The van der Waals surface area contributed by atoms with Crippen LogP contribution < -0.4 is 0 Å². The van der Waals surface area contributed by atoms with E-state index in [0.717, 1.165) is 10.6 Å². The summed E-state index contributed by atoms with van der Waals surface area (Å²) in [6.07, 6.45) is 0. The van der Waals surface area contributed by atoms with Gasteiger partial charge >= 0.3 is 0 Å². The van der Waals surface area contributed by atoms with Crippen molar-refractivity contribution < 1.29 is 4.79 Å². The molecule has 0 N–H and O–H groups in total. The third-order valence-electron chi connectivity index (χ3n) is 2.06. The molecule has 1 atom stereocenters. The van der Waals surface area contributed by atoms with Gasteiger partial charge in [-0.15, -0.1) is 4.91 Å². The molecule has 0 spiro atoms. The molecule has 1 aromatic rings. The van der Waals surface area contributed by atoms with E-state index in [0.29, 0.717) is 0 Å². The molecule has 1 amide bonds. The Balaban J connectivity index is 2.88. The van der Waals surface area contributed by atoms with Crippen molar-refractivity contribution in [3.05, 3.63) is 40.8 Å². The number of nitroso groups, excluding NO2 is 1. The molecule has 14 heavy (non-hydrogen) atoms. The number of benzene rings is 1. The van der Waals surface area contributed by atoms with E-state index in [1.165, 1.54) is 6.92 Å². The smallest absolute Gasteiger partial charge is 0.242 e. The van der Waals surface area contributed by atoms with Crippen LogP contribution in [0.4, 0.5) is 0 Å². The number of hydrogen-bond acceptors (Lipinski definition) is 3. The number of nitrogens with zero attached hydrogens (tertiary/aromatic N) is 2. The Labute approximate surface area is 82.5 Å². The van der Waals surface area contributed by atoms with E-state index in [2.05, 4.69) is 5.29 Å². The summed E-state index contributed by atoms with van der Waals surface area (Å²) in [5.41, 5.74) is 0.891. The number of hydrogen-bond donors (Lipinski definition) is 0. The van der Waals surface area contributed by atoms with E-state index in [1.807, 2.05) is 30.3 Å². The molecule has 1 aromatic carbocycles. The Kier molecular flexibility index (Phi) is 3.34. The minimum atomic E-state index is -0.351. The van der Waals surface area contributed by atoms with Gasteiger partial charge in [0, 0.05) is 6.92 Å². The lowest BCUT2D eigenvalue weighted by molar-refractivity contribution is -0.131. The molecule has 0 aliphatic rings. The van der Waals surface area contributed by atoms with Crippen molar-refractivity contribution in [2.24, 2.45) is 5.29 Å². The van der Waals surface area contributed by atoms with Crippen LogP contribution in [0.2, 0.25) is 0 Å². The maximum Gasteiger partial charge on any atom is 0.242 e. The first-order valence-electron chi connectivity index (χ1n) is 4.35. The van der Waals surface area contributed by atoms with E-state index in [4.69, 9.17) is 0 Å². The van der Waals surface area contributed by atoms with Gasteiger partial charge in [-0.3, -0.25) is 4.79 Å². The van der Waals surface area contributed by atoms with Crippen molar-refractivity contribution in [1.29, 1.82) is 0 Å². The lowest BCUT2D eigenvalue weighted by atomic mass is 10.1. The fourth-order valence-electron chi connectivity index (χ4n) is 1.27. The standard InChI is InChI=1S/C10H12N2O2/c1-8(12(11-14)9(2)13)10-6-4-3-5-7-10/h3-8H,1-2H3/t8-/m0/s1. The van der Waals surface area contributed by atoms with Gasteiger partial charge in [0.2, 0.25) is 5.91 Å². The highest BCUT2D eigenvalue weighted by atomic mass is 16.3. The molecule has 0 aromatic heterocycles. The van der Waals surface area contributed by atoms with Gasteiger partial charge in [-0.1, -0.05) is 30.3 Å². The first-order chi connectivity index (χ1) is 6.66. The van der Waals surface area contributed by atoms with Gasteiger partial charge in [-0.25, -0.2) is 0 Å². The summed E-state index contributed by atoms with van der Waals surface area (Å²) in [5, 5.41) is 3.62. The van der Waals surface area contributed by atoms with Crippen molar-refractivity contribution in [1.82, 2.24) is 5.01 Å². The van der Waals surface area contributed by atoms with Gasteiger partial charge in [0.25, 0.3) is 0 Å². The summed E-state index contributed by atoms with van der Waals surface area (Å²) >= 11 is 0. The first kappa shape index (κ1) is 10.4. The Morgan fingerprint density at radius 3 is 2.36 bits per heavy atom. The molecule has 0 unspecified atom stereocenters. The number of rotatable bonds is 3. The van der Waals surface area contributed by atoms with Gasteiger partial charge in [-0.2, -0.15) is 5.01 Å². The van der Waals surface area contributed by atoms with E-state index in [-0.39, 0.29) is 11.9 Å². The first-order valence-corrected chi connectivity index (χ1v) is 4.35. The van der Waals surface area contributed by atoms with Crippen LogP contribution in [0, 0.1) is 4.91 Å². The monoisotopic (exact) mass is 192 g/mol. The molecule has 4 nitrogen and oxygen atoms in total. The topological polar surface area (TPSA) is 49.7 Å². The second kappa shape index (κ2) is 4.50. The van der Waals surface area contributed by atoms with Crippen LogP contribution in [0.3, 0.4) is 0 Å². The zero-order valence-corrected chi connectivity index (χ0v) is 8.18. The van der Waals surface area contributed by atoms with Crippen LogP contribution >= 0.6 is 0 Å². The molecule has 0 heterocycles. The summed E-state index contributed by atoms with van der Waals surface area (Å²) in [7, 11) is 0. The number of carbonyl (C=O) groups excluding carboxylic acids is 1. The molecule has 0 bridgehead atoms. The predicted molar refractivity (Wildman–Crippen MR) is 53.2 cm³/mol. The molecule has 0 aliphatic heterocycles. The Bertz CT molecular complexity index is 324. The van der Waals surface area contributed by atoms with Crippen LogP contribution in [0.5, 0.6) is 0 Å². The normalized spacial score (nSPS) is 11.9. The van der Waals surface area contributed by atoms with Crippen molar-refractivity contribution in [3.63, 3.8) is 0 Å². The molecule has 1 rings (SSSR count). The third-order valence-corrected chi connectivity index (χ3v) is 2.06. The van der Waals surface area contributed by atoms with E-state index in [9.17, 15) is 9.70 Å². The van der Waals surface area contributed by atoms with Gasteiger partial charge < -0.3 is 0 Å². The molecule has 0 fully saturated rings. The summed E-state index contributed by atoms with van der Waals surface area (Å²) < 4.78 is 0. The quantitative estimate of drug-likeness (QED) is 0.545. The number of carbonyl (C=O) groups is 1. The summed E-state index contributed by atoms with van der Waals surface area (Å²) in [4.78, 5) is 21.4. The Hall–Kier alpha value is -1.71. The average molecular weight is 192 g/mol. The van der Waals surface area contributed by atoms with Gasteiger partial charge in [-0.05, 0) is 12.5 Å². The maximum atomic E-state index is 11.0. The van der Waals surface area contributed by atoms with Crippen LogP contribution in [0.25, 0.3) is 0 Å². The van der Waals surface area contributed by atoms with Gasteiger partial charge in [0.15, 0.2) is 0 Å². The van der Waals surface area contributed by atoms with Gasteiger partial charge in [0.1, 0.15) is 0 Å². The molecular formula is C10H12N2O2. The largest absolute Gasteiger partial charge is 0.273 e. The predicted octanol–water partition coefficient (Wildman–Crippen LogP) is 2.28. The fraction of sp³-hybridized carbons (Fsp3) is 0.300. The van der Waals surface area contributed by atoms with Crippen molar-refractivity contribution in [3.8, 4) is 0 Å².